The summed E-state index contributed by atoms with van der Waals surface area (Å²) in [5.41, 5.74) is 0.307. The van der Waals surface area contributed by atoms with Crippen molar-refractivity contribution in [2.24, 2.45) is 0 Å². The minimum Gasteiger partial charge on any atom is -0.497 e. The lowest BCUT2D eigenvalue weighted by atomic mass is 10.0. The van der Waals surface area contributed by atoms with Crippen molar-refractivity contribution in [2.75, 3.05) is 7.11 Å². The maximum atomic E-state index is 13.9. The van der Waals surface area contributed by atoms with E-state index in [1.807, 2.05) is 0 Å². The molecule has 2 aromatic carbocycles. The minimum atomic E-state index is -0.954. The molecular formula is C14H10Cl2F2O. The van der Waals surface area contributed by atoms with E-state index in [4.69, 9.17) is 27.9 Å². The average Bonchev–Trinajstić information content (AvgIpc) is 2.37. The molecular weight excluding hydrogens is 293 g/mol. The SMILES string of the molecule is COc1cc(F)c(C(Cl)c2cccc(Cl)c2)c(F)c1. The Morgan fingerprint density at radius 2 is 1.74 bits per heavy atom. The lowest BCUT2D eigenvalue weighted by Crippen LogP contribution is -2.02. The van der Waals surface area contributed by atoms with E-state index in [9.17, 15) is 8.78 Å². The van der Waals surface area contributed by atoms with E-state index in [0.29, 0.717) is 10.6 Å². The predicted molar refractivity (Wildman–Crippen MR) is 72.1 cm³/mol. The highest BCUT2D eigenvalue weighted by Crippen LogP contribution is 2.35. The second kappa shape index (κ2) is 5.76. The van der Waals surface area contributed by atoms with Gasteiger partial charge in [-0.25, -0.2) is 8.78 Å². The van der Waals surface area contributed by atoms with Crippen LogP contribution in [0.3, 0.4) is 0 Å². The van der Waals surface area contributed by atoms with Crippen LogP contribution in [0.15, 0.2) is 36.4 Å². The zero-order chi connectivity index (χ0) is 14.0. The lowest BCUT2D eigenvalue weighted by Gasteiger charge is -2.13. The Morgan fingerprint density at radius 3 is 2.26 bits per heavy atom. The van der Waals surface area contributed by atoms with Crippen LogP contribution >= 0.6 is 23.2 Å². The first-order valence-corrected chi connectivity index (χ1v) is 6.27. The van der Waals surface area contributed by atoms with Crippen LogP contribution in [0.2, 0.25) is 5.02 Å². The molecule has 0 aromatic heterocycles. The van der Waals surface area contributed by atoms with Gasteiger partial charge in [-0.2, -0.15) is 0 Å². The lowest BCUT2D eigenvalue weighted by molar-refractivity contribution is 0.405. The molecule has 100 valence electrons. The van der Waals surface area contributed by atoms with Gasteiger partial charge in [-0.1, -0.05) is 23.7 Å². The molecule has 1 unspecified atom stereocenters. The van der Waals surface area contributed by atoms with Crippen molar-refractivity contribution in [2.45, 2.75) is 5.38 Å². The van der Waals surface area contributed by atoms with Crippen molar-refractivity contribution in [3.63, 3.8) is 0 Å². The molecule has 0 saturated carbocycles. The van der Waals surface area contributed by atoms with Gasteiger partial charge in [0.2, 0.25) is 0 Å². The largest absolute Gasteiger partial charge is 0.497 e. The number of hydrogen-bond donors (Lipinski definition) is 0. The third kappa shape index (κ3) is 2.99. The summed E-state index contributed by atoms with van der Waals surface area (Å²) in [6.45, 7) is 0. The number of ether oxygens (including phenoxy) is 1. The van der Waals surface area contributed by atoms with Crippen LogP contribution in [0.4, 0.5) is 8.78 Å². The average molecular weight is 303 g/mol. The van der Waals surface area contributed by atoms with Crippen molar-refractivity contribution in [3.8, 4) is 5.75 Å². The number of alkyl halides is 1. The molecule has 0 amide bonds. The van der Waals surface area contributed by atoms with Crippen molar-refractivity contribution in [1.82, 2.24) is 0 Å². The van der Waals surface area contributed by atoms with Gasteiger partial charge < -0.3 is 4.74 Å². The molecule has 2 aromatic rings. The summed E-state index contributed by atoms with van der Waals surface area (Å²) in [5.74, 6) is -1.40. The molecule has 0 aliphatic rings. The number of benzene rings is 2. The third-order valence-electron chi connectivity index (χ3n) is 2.68. The van der Waals surface area contributed by atoms with Gasteiger partial charge in [-0.15, -0.1) is 11.6 Å². The van der Waals surface area contributed by atoms with Gasteiger partial charge in [0.15, 0.2) is 0 Å². The monoisotopic (exact) mass is 302 g/mol. The third-order valence-corrected chi connectivity index (χ3v) is 3.39. The van der Waals surface area contributed by atoms with Gasteiger partial charge in [-0.05, 0) is 17.7 Å². The number of hydrogen-bond acceptors (Lipinski definition) is 1. The van der Waals surface area contributed by atoms with Crippen molar-refractivity contribution >= 4 is 23.2 Å². The Kier molecular flexibility index (Phi) is 4.27. The van der Waals surface area contributed by atoms with Crippen LogP contribution in [-0.4, -0.2) is 7.11 Å². The van der Waals surface area contributed by atoms with Crippen LogP contribution in [0.5, 0.6) is 5.75 Å². The van der Waals surface area contributed by atoms with Gasteiger partial charge in [0.1, 0.15) is 17.4 Å². The molecule has 5 heteroatoms. The molecule has 0 spiro atoms. The smallest absolute Gasteiger partial charge is 0.134 e. The Hall–Kier alpha value is -1.32. The van der Waals surface area contributed by atoms with Gasteiger partial charge in [0.05, 0.1) is 12.5 Å². The quantitative estimate of drug-likeness (QED) is 0.729. The fourth-order valence-corrected chi connectivity index (χ4v) is 2.29. The van der Waals surface area contributed by atoms with E-state index in [1.165, 1.54) is 7.11 Å². The Labute approximate surface area is 119 Å². The maximum Gasteiger partial charge on any atom is 0.134 e. The van der Waals surface area contributed by atoms with Gasteiger partial charge in [0, 0.05) is 22.7 Å². The highest BCUT2D eigenvalue weighted by molar-refractivity contribution is 6.30. The van der Waals surface area contributed by atoms with E-state index in [-0.39, 0.29) is 11.3 Å². The van der Waals surface area contributed by atoms with Crippen LogP contribution in [0.25, 0.3) is 0 Å². The maximum absolute atomic E-state index is 13.9. The molecule has 0 saturated heterocycles. The molecule has 0 aliphatic carbocycles. The summed E-state index contributed by atoms with van der Waals surface area (Å²) in [6.07, 6.45) is 0. The summed E-state index contributed by atoms with van der Waals surface area (Å²) in [4.78, 5) is 0. The summed E-state index contributed by atoms with van der Waals surface area (Å²) < 4.78 is 32.6. The topological polar surface area (TPSA) is 9.23 Å². The molecule has 0 fully saturated rings. The molecule has 2 rings (SSSR count). The number of methoxy groups -OCH3 is 1. The summed E-state index contributed by atoms with van der Waals surface area (Å²) >= 11 is 12.0. The number of rotatable bonds is 3. The number of halogens is 4. The summed E-state index contributed by atoms with van der Waals surface area (Å²) in [6, 6.07) is 8.76. The molecule has 1 nitrogen and oxygen atoms in total. The fraction of sp³-hybridized carbons (Fsp3) is 0.143. The fourth-order valence-electron chi connectivity index (χ4n) is 1.75. The zero-order valence-corrected chi connectivity index (χ0v) is 11.5. The summed E-state index contributed by atoms with van der Waals surface area (Å²) in [5, 5.41) is -0.498. The van der Waals surface area contributed by atoms with Crippen LogP contribution < -0.4 is 4.74 Å². The Balaban J connectivity index is 2.47. The molecule has 19 heavy (non-hydrogen) atoms. The molecule has 0 aliphatic heterocycles. The van der Waals surface area contributed by atoms with Gasteiger partial charge >= 0.3 is 0 Å². The van der Waals surface area contributed by atoms with Crippen molar-refractivity contribution < 1.29 is 13.5 Å². The van der Waals surface area contributed by atoms with Crippen molar-refractivity contribution in [1.29, 1.82) is 0 Å². The normalized spacial score (nSPS) is 12.3. The van der Waals surface area contributed by atoms with Crippen LogP contribution in [-0.2, 0) is 0 Å². The van der Waals surface area contributed by atoms with Crippen molar-refractivity contribution in [3.05, 3.63) is 64.2 Å². The van der Waals surface area contributed by atoms with Crippen LogP contribution in [0.1, 0.15) is 16.5 Å². The van der Waals surface area contributed by atoms with E-state index >= 15 is 0 Å². The standard InChI is InChI=1S/C14H10Cl2F2O/c1-19-10-6-11(17)13(12(18)7-10)14(16)8-3-2-4-9(15)5-8/h2-7,14H,1H3. The van der Waals surface area contributed by atoms with E-state index in [0.717, 1.165) is 12.1 Å². The molecule has 0 heterocycles. The highest BCUT2D eigenvalue weighted by Gasteiger charge is 2.21. The van der Waals surface area contributed by atoms with Crippen LogP contribution in [0, 0.1) is 11.6 Å². The molecule has 0 N–H and O–H groups in total. The first kappa shape index (κ1) is 14.1. The van der Waals surface area contributed by atoms with Gasteiger partial charge in [0.25, 0.3) is 0 Å². The summed E-state index contributed by atoms with van der Waals surface area (Å²) in [7, 11) is 1.34. The van der Waals surface area contributed by atoms with E-state index in [2.05, 4.69) is 0 Å². The van der Waals surface area contributed by atoms with E-state index < -0.39 is 17.0 Å². The molecule has 0 bridgehead atoms. The zero-order valence-electron chi connectivity index (χ0n) is 9.96. The minimum absolute atomic E-state index is 0.105. The first-order chi connectivity index (χ1) is 9.02. The second-order valence-electron chi connectivity index (χ2n) is 3.92. The predicted octanol–water partition coefficient (Wildman–Crippen LogP) is 4.96. The molecule has 0 radical (unpaired) electrons. The Morgan fingerprint density at radius 1 is 1.11 bits per heavy atom. The van der Waals surface area contributed by atoms with Gasteiger partial charge in [-0.3, -0.25) is 0 Å². The first-order valence-electron chi connectivity index (χ1n) is 5.45. The Bertz CT molecular complexity index is 579. The second-order valence-corrected chi connectivity index (χ2v) is 4.80. The highest BCUT2D eigenvalue weighted by atomic mass is 35.5. The van der Waals surface area contributed by atoms with E-state index in [1.54, 1.807) is 24.3 Å². The molecule has 1 atom stereocenters.